The Bertz CT molecular complexity index is 643. The molecular formula is C20H27N3O2. The van der Waals surface area contributed by atoms with Gasteiger partial charge in [-0.15, -0.1) is 0 Å². The summed E-state index contributed by atoms with van der Waals surface area (Å²) in [7, 11) is 0. The van der Waals surface area contributed by atoms with Gasteiger partial charge in [0.1, 0.15) is 0 Å². The molecule has 2 amide bonds. The molecule has 0 bridgehead atoms. The summed E-state index contributed by atoms with van der Waals surface area (Å²) in [5.74, 6) is 0.0938. The fraction of sp³-hybridized carbons (Fsp3) is 0.600. The van der Waals surface area contributed by atoms with Crippen LogP contribution >= 0.6 is 0 Å². The summed E-state index contributed by atoms with van der Waals surface area (Å²) in [5, 5.41) is 0. The fourth-order valence-electron chi connectivity index (χ4n) is 4.54. The van der Waals surface area contributed by atoms with Crippen LogP contribution in [0.5, 0.6) is 0 Å². The normalized spacial score (nSPS) is 27.7. The van der Waals surface area contributed by atoms with E-state index in [1.807, 2.05) is 0 Å². The number of rotatable bonds is 3. The third-order valence-corrected chi connectivity index (χ3v) is 6.01. The molecule has 2 heterocycles. The number of carbonyl (C=O) groups excluding carboxylic acids is 2. The number of nitrogens with zero attached hydrogens (tertiary/aromatic N) is 3. The van der Waals surface area contributed by atoms with Crippen molar-refractivity contribution in [2.24, 2.45) is 11.8 Å². The van der Waals surface area contributed by atoms with Crippen LogP contribution in [0, 0.1) is 18.8 Å². The van der Waals surface area contributed by atoms with Crippen LogP contribution in [-0.2, 0) is 9.59 Å². The maximum absolute atomic E-state index is 12.6. The second-order valence-corrected chi connectivity index (χ2v) is 7.69. The lowest BCUT2D eigenvalue weighted by Gasteiger charge is -2.37. The number of imide groups is 1. The zero-order valence-corrected chi connectivity index (χ0v) is 15.0. The van der Waals surface area contributed by atoms with E-state index in [9.17, 15) is 9.59 Å². The second-order valence-electron chi connectivity index (χ2n) is 7.69. The van der Waals surface area contributed by atoms with Gasteiger partial charge in [0.05, 0.1) is 18.5 Å². The van der Waals surface area contributed by atoms with Gasteiger partial charge < -0.3 is 4.90 Å². The summed E-state index contributed by atoms with van der Waals surface area (Å²) < 4.78 is 0. The summed E-state index contributed by atoms with van der Waals surface area (Å²) >= 11 is 0. The number of piperazine rings is 1. The van der Waals surface area contributed by atoms with Gasteiger partial charge in [0, 0.05) is 31.9 Å². The lowest BCUT2D eigenvalue weighted by molar-refractivity contribution is -0.142. The smallest absolute Gasteiger partial charge is 0.234 e. The monoisotopic (exact) mass is 341 g/mol. The summed E-state index contributed by atoms with van der Waals surface area (Å²) in [5.41, 5.74) is 2.54. The van der Waals surface area contributed by atoms with Crippen LogP contribution in [-0.4, -0.2) is 54.5 Å². The summed E-state index contributed by atoms with van der Waals surface area (Å²) in [6.45, 7) is 6.25. The van der Waals surface area contributed by atoms with Gasteiger partial charge in [0.2, 0.25) is 11.8 Å². The van der Waals surface area contributed by atoms with E-state index in [0.29, 0.717) is 6.67 Å². The number of fused-ring (bicyclic) bond motifs is 1. The Morgan fingerprint density at radius 2 is 1.60 bits per heavy atom. The topological polar surface area (TPSA) is 43.9 Å². The van der Waals surface area contributed by atoms with Gasteiger partial charge in [-0.05, 0) is 37.5 Å². The quantitative estimate of drug-likeness (QED) is 0.791. The van der Waals surface area contributed by atoms with Crippen LogP contribution in [0.3, 0.4) is 0 Å². The number of hydrogen-bond acceptors (Lipinski definition) is 4. The molecule has 5 heteroatoms. The van der Waals surface area contributed by atoms with E-state index in [0.717, 1.165) is 51.9 Å². The molecule has 3 aliphatic rings. The molecule has 2 aliphatic heterocycles. The van der Waals surface area contributed by atoms with Gasteiger partial charge in [0.15, 0.2) is 0 Å². The summed E-state index contributed by atoms with van der Waals surface area (Å²) in [6.07, 6.45) is 3.96. The summed E-state index contributed by atoms with van der Waals surface area (Å²) in [4.78, 5) is 31.4. The molecular weight excluding hydrogens is 314 g/mol. The van der Waals surface area contributed by atoms with E-state index < -0.39 is 0 Å². The van der Waals surface area contributed by atoms with Gasteiger partial charge >= 0.3 is 0 Å². The van der Waals surface area contributed by atoms with Gasteiger partial charge in [-0.1, -0.05) is 25.0 Å². The highest BCUT2D eigenvalue weighted by Gasteiger charge is 2.48. The van der Waals surface area contributed by atoms with E-state index in [4.69, 9.17) is 0 Å². The van der Waals surface area contributed by atoms with Crippen LogP contribution in [0.25, 0.3) is 0 Å². The van der Waals surface area contributed by atoms with Gasteiger partial charge in [-0.2, -0.15) is 0 Å². The van der Waals surface area contributed by atoms with Crippen molar-refractivity contribution in [1.82, 2.24) is 9.80 Å². The molecule has 25 heavy (non-hydrogen) atoms. The number of aryl methyl sites for hydroxylation is 1. The van der Waals surface area contributed by atoms with Gasteiger partial charge in [-0.3, -0.25) is 19.4 Å². The van der Waals surface area contributed by atoms with Crippen LogP contribution in [0.15, 0.2) is 24.3 Å². The number of carbonyl (C=O) groups is 2. The Morgan fingerprint density at radius 3 is 2.20 bits per heavy atom. The van der Waals surface area contributed by atoms with Crippen LogP contribution in [0.4, 0.5) is 5.69 Å². The SMILES string of the molecule is Cc1cccc(N2CCN(CN3C(=O)[C@H]4CCCC[C@@H]4C3=O)CC2)c1. The average molecular weight is 341 g/mol. The number of hydrogen-bond donors (Lipinski definition) is 0. The molecule has 3 fully saturated rings. The Labute approximate surface area is 149 Å². The zero-order valence-electron chi connectivity index (χ0n) is 15.0. The largest absolute Gasteiger partial charge is 0.369 e. The van der Waals surface area contributed by atoms with Gasteiger partial charge in [0.25, 0.3) is 0 Å². The van der Waals surface area contributed by atoms with Crippen molar-refractivity contribution in [1.29, 1.82) is 0 Å². The van der Waals surface area contributed by atoms with Crippen LogP contribution in [0.1, 0.15) is 31.2 Å². The maximum Gasteiger partial charge on any atom is 0.234 e. The third-order valence-electron chi connectivity index (χ3n) is 6.01. The fourth-order valence-corrected chi connectivity index (χ4v) is 4.54. The van der Waals surface area contributed by atoms with E-state index in [2.05, 4.69) is 41.0 Å². The molecule has 0 unspecified atom stereocenters. The van der Waals surface area contributed by atoms with Crippen molar-refractivity contribution in [2.75, 3.05) is 37.7 Å². The van der Waals surface area contributed by atoms with E-state index >= 15 is 0 Å². The first-order valence-corrected chi connectivity index (χ1v) is 9.52. The van der Waals surface area contributed by atoms with Crippen molar-refractivity contribution in [3.05, 3.63) is 29.8 Å². The number of likely N-dealkylation sites (tertiary alicyclic amines) is 1. The van der Waals surface area contributed by atoms with E-state index in [1.165, 1.54) is 11.3 Å². The molecule has 2 atom stereocenters. The minimum absolute atomic E-state index is 0.0326. The number of anilines is 1. The zero-order chi connectivity index (χ0) is 17.4. The van der Waals surface area contributed by atoms with Crippen molar-refractivity contribution in [3.63, 3.8) is 0 Å². The molecule has 0 N–H and O–H groups in total. The first-order valence-electron chi connectivity index (χ1n) is 9.52. The van der Waals surface area contributed by atoms with E-state index in [1.54, 1.807) is 4.90 Å². The molecule has 1 aromatic carbocycles. The lowest BCUT2D eigenvalue weighted by Crippen LogP contribution is -2.51. The lowest BCUT2D eigenvalue weighted by atomic mass is 9.81. The number of amides is 2. The molecule has 1 aliphatic carbocycles. The van der Waals surface area contributed by atoms with Crippen molar-refractivity contribution < 1.29 is 9.59 Å². The summed E-state index contributed by atoms with van der Waals surface area (Å²) in [6, 6.07) is 8.58. The minimum Gasteiger partial charge on any atom is -0.369 e. The molecule has 1 saturated carbocycles. The van der Waals surface area contributed by atoms with Crippen LogP contribution < -0.4 is 4.90 Å². The van der Waals surface area contributed by atoms with Gasteiger partial charge in [-0.25, -0.2) is 0 Å². The number of benzene rings is 1. The molecule has 5 nitrogen and oxygen atoms in total. The van der Waals surface area contributed by atoms with Crippen molar-refractivity contribution in [2.45, 2.75) is 32.6 Å². The Hall–Kier alpha value is -1.88. The molecule has 134 valence electrons. The highest BCUT2D eigenvalue weighted by molar-refractivity contribution is 6.05. The second kappa shape index (κ2) is 6.79. The van der Waals surface area contributed by atoms with Crippen LogP contribution in [0.2, 0.25) is 0 Å². The molecule has 2 saturated heterocycles. The van der Waals surface area contributed by atoms with Crippen molar-refractivity contribution in [3.8, 4) is 0 Å². The first-order chi connectivity index (χ1) is 12.1. The molecule has 4 rings (SSSR count). The first kappa shape index (κ1) is 16.6. The predicted molar refractivity (Wildman–Crippen MR) is 97.1 cm³/mol. The maximum atomic E-state index is 12.6. The minimum atomic E-state index is -0.0326. The Kier molecular flexibility index (Phi) is 4.50. The van der Waals surface area contributed by atoms with E-state index in [-0.39, 0.29) is 23.7 Å². The predicted octanol–water partition coefficient (Wildman–Crippen LogP) is 2.25. The molecule has 0 aromatic heterocycles. The highest BCUT2D eigenvalue weighted by atomic mass is 16.2. The Balaban J connectivity index is 1.36. The molecule has 0 spiro atoms. The molecule has 1 aromatic rings. The highest BCUT2D eigenvalue weighted by Crippen LogP contribution is 2.38. The third kappa shape index (κ3) is 3.17. The van der Waals surface area contributed by atoms with Crippen molar-refractivity contribution >= 4 is 17.5 Å². The molecule has 0 radical (unpaired) electrons. The standard InChI is InChI=1S/C20H27N3O2/c1-15-5-4-6-16(13-15)22-11-9-21(10-12-22)14-23-19(24)17-7-2-3-8-18(17)20(23)25/h4-6,13,17-18H,2-3,7-12,14H2,1H3/t17-,18-/m0/s1. The Morgan fingerprint density at radius 1 is 0.960 bits per heavy atom. The average Bonchev–Trinajstić information content (AvgIpc) is 2.88.